The SMILES string of the molecule is CNCC(O)c1cc(OC)c(OC)c(C(C)(C)F)c1. The maximum Gasteiger partial charge on any atom is 0.167 e. The van der Waals surface area contributed by atoms with Crippen LogP contribution in [0.15, 0.2) is 12.1 Å². The summed E-state index contributed by atoms with van der Waals surface area (Å²) in [6.07, 6.45) is -0.731. The van der Waals surface area contributed by atoms with Crippen LogP contribution in [0.4, 0.5) is 4.39 Å². The highest BCUT2D eigenvalue weighted by Crippen LogP contribution is 2.41. The van der Waals surface area contributed by atoms with Gasteiger partial charge in [-0.05, 0) is 38.6 Å². The lowest BCUT2D eigenvalue weighted by atomic mass is 9.94. The summed E-state index contributed by atoms with van der Waals surface area (Å²) in [6, 6.07) is 3.28. The minimum atomic E-state index is -1.59. The van der Waals surface area contributed by atoms with Crippen molar-refractivity contribution in [1.82, 2.24) is 5.32 Å². The molecule has 0 radical (unpaired) electrons. The number of hydrogen-bond acceptors (Lipinski definition) is 4. The van der Waals surface area contributed by atoms with Gasteiger partial charge < -0.3 is 19.9 Å². The van der Waals surface area contributed by atoms with Crippen LogP contribution >= 0.6 is 0 Å². The van der Waals surface area contributed by atoms with E-state index in [9.17, 15) is 9.50 Å². The molecule has 0 saturated carbocycles. The largest absolute Gasteiger partial charge is 0.493 e. The summed E-state index contributed by atoms with van der Waals surface area (Å²) < 4.78 is 24.7. The van der Waals surface area contributed by atoms with Gasteiger partial charge in [0.15, 0.2) is 11.5 Å². The van der Waals surface area contributed by atoms with Crippen LogP contribution in [0.5, 0.6) is 11.5 Å². The van der Waals surface area contributed by atoms with Crippen molar-refractivity contribution in [2.75, 3.05) is 27.8 Å². The first-order valence-corrected chi connectivity index (χ1v) is 6.13. The second kappa shape index (κ2) is 6.21. The molecule has 1 unspecified atom stereocenters. The van der Waals surface area contributed by atoms with E-state index in [0.717, 1.165) is 0 Å². The van der Waals surface area contributed by atoms with Crippen LogP contribution in [0.1, 0.15) is 31.1 Å². The van der Waals surface area contributed by atoms with Gasteiger partial charge in [0.25, 0.3) is 0 Å². The van der Waals surface area contributed by atoms with E-state index in [4.69, 9.17) is 9.47 Å². The van der Waals surface area contributed by atoms with E-state index in [1.54, 1.807) is 19.2 Å². The molecule has 5 heteroatoms. The van der Waals surface area contributed by atoms with E-state index < -0.39 is 11.8 Å². The molecular weight excluding hydrogens is 249 g/mol. The summed E-state index contributed by atoms with van der Waals surface area (Å²) in [6.45, 7) is 3.26. The topological polar surface area (TPSA) is 50.7 Å². The molecule has 1 aromatic rings. The molecule has 2 N–H and O–H groups in total. The molecule has 0 spiro atoms. The Hall–Kier alpha value is -1.33. The third-order valence-corrected chi connectivity index (χ3v) is 2.92. The minimum Gasteiger partial charge on any atom is -0.493 e. The Morgan fingerprint density at radius 1 is 1.32 bits per heavy atom. The van der Waals surface area contributed by atoms with Gasteiger partial charge in [0.2, 0.25) is 0 Å². The molecule has 1 aromatic carbocycles. The highest BCUT2D eigenvalue weighted by atomic mass is 19.1. The maximum absolute atomic E-state index is 14.3. The fraction of sp³-hybridized carbons (Fsp3) is 0.571. The van der Waals surface area contributed by atoms with Crippen LogP contribution in [-0.2, 0) is 5.67 Å². The highest BCUT2D eigenvalue weighted by molar-refractivity contribution is 5.52. The number of benzene rings is 1. The number of rotatable bonds is 6. The Bertz CT molecular complexity index is 429. The van der Waals surface area contributed by atoms with Crippen LogP contribution in [0.2, 0.25) is 0 Å². The molecular formula is C14H22FNO3. The van der Waals surface area contributed by atoms with Crippen LogP contribution in [0.25, 0.3) is 0 Å². The molecule has 1 rings (SSSR count). The quantitative estimate of drug-likeness (QED) is 0.832. The lowest BCUT2D eigenvalue weighted by Crippen LogP contribution is -2.18. The fourth-order valence-electron chi connectivity index (χ4n) is 1.93. The summed E-state index contributed by atoms with van der Waals surface area (Å²) in [5.41, 5.74) is -0.638. The molecule has 0 bridgehead atoms. The number of alkyl halides is 1. The zero-order chi connectivity index (χ0) is 14.6. The number of halogens is 1. The fourth-order valence-corrected chi connectivity index (χ4v) is 1.93. The van der Waals surface area contributed by atoms with Crippen molar-refractivity contribution in [3.8, 4) is 11.5 Å². The summed E-state index contributed by atoms with van der Waals surface area (Å²) in [5, 5.41) is 12.9. The number of likely N-dealkylation sites (N-methyl/N-ethyl adjacent to an activating group) is 1. The Morgan fingerprint density at radius 2 is 1.95 bits per heavy atom. The monoisotopic (exact) mass is 271 g/mol. The smallest absolute Gasteiger partial charge is 0.167 e. The molecule has 0 aliphatic heterocycles. The zero-order valence-electron chi connectivity index (χ0n) is 12.1. The molecule has 19 heavy (non-hydrogen) atoms. The van der Waals surface area contributed by atoms with Gasteiger partial charge in [-0.15, -0.1) is 0 Å². The molecule has 0 aromatic heterocycles. The van der Waals surface area contributed by atoms with Crippen LogP contribution in [0, 0.1) is 0 Å². The normalized spacial score (nSPS) is 13.2. The van der Waals surface area contributed by atoms with Crippen molar-refractivity contribution in [2.24, 2.45) is 0 Å². The first-order valence-electron chi connectivity index (χ1n) is 6.13. The molecule has 0 heterocycles. The van der Waals surface area contributed by atoms with Crippen molar-refractivity contribution < 1.29 is 19.0 Å². The lowest BCUT2D eigenvalue weighted by Gasteiger charge is -2.23. The summed E-state index contributed by atoms with van der Waals surface area (Å²) in [4.78, 5) is 0. The second-order valence-corrected chi connectivity index (χ2v) is 4.85. The average Bonchev–Trinajstić information content (AvgIpc) is 2.36. The van der Waals surface area contributed by atoms with Crippen molar-refractivity contribution >= 4 is 0 Å². The lowest BCUT2D eigenvalue weighted by molar-refractivity contribution is 0.175. The molecule has 0 fully saturated rings. The number of nitrogens with one attached hydrogen (secondary N) is 1. The van der Waals surface area contributed by atoms with Gasteiger partial charge in [0.1, 0.15) is 5.67 Å². The van der Waals surface area contributed by atoms with Crippen molar-refractivity contribution in [3.63, 3.8) is 0 Å². The Morgan fingerprint density at radius 3 is 2.37 bits per heavy atom. The number of ether oxygens (including phenoxy) is 2. The third kappa shape index (κ3) is 3.58. The average molecular weight is 271 g/mol. The Labute approximate surface area is 113 Å². The van der Waals surface area contributed by atoms with Crippen LogP contribution in [-0.4, -0.2) is 32.9 Å². The van der Waals surface area contributed by atoms with Crippen LogP contribution < -0.4 is 14.8 Å². The van der Waals surface area contributed by atoms with E-state index in [0.29, 0.717) is 29.2 Å². The van der Waals surface area contributed by atoms with Crippen LogP contribution in [0.3, 0.4) is 0 Å². The molecule has 0 saturated heterocycles. The number of aliphatic hydroxyl groups is 1. The van der Waals surface area contributed by atoms with Gasteiger partial charge in [-0.3, -0.25) is 0 Å². The standard InChI is InChI=1S/C14H22FNO3/c1-14(2,15)10-6-9(11(17)8-16-3)7-12(18-4)13(10)19-5/h6-7,11,16-17H,8H2,1-5H3. The number of methoxy groups -OCH3 is 2. The predicted molar refractivity (Wildman–Crippen MR) is 72.6 cm³/mol. The third-order valence-electron chi connectivity index (χ3n) is 2.92. The van der Waals surface area contributed by atoms with Gasteiger partial charge in [0.05, 0.1) is 20.3 Å². The number of hydrogen-bond donors (Lipinski definition) is 2. The van der Waals surface area contributed by atoms with Crippen molar-refractivity contribution in [2.45, 2.75) is 25.6 Å². The van der Waals surface area contributed by atoms with Crippen molar-refractivity contribution in [1.29, 1.82) is 0 Å². The first-order chi connectivity index (χ1) is 8.85. The van der Waals surface area contributed by atoms with E-state index in [-0.39, 0.29) is 0 Å². The molecule has 0 amide bonds. The highest BCUT2D eigenvalue weighted by Gasteiger charge is 2.27. The molecule has 108 valence electrons. The van der Waals surface area contributed by atoms with Crippen molar-refractivity contribution in [3.05, 3.63) is 23.3 Å². The number of aliphatic hydroxyl groups excluding tert-OH is 1. The van der Waals surface area contributed by atoms with E-state index >= 15 is 0 Å². The summed E-state index contributed by atoms with van der Waals surface area (Å²) >= 11 is 0. The Balaban J connectivity index is 3.38. The molecule has 4 nitrogen and oxygen atoms in total. The first kappa shape index (κ1) is 15.7. The molecule has 0 aliphatic carbocycles. The van der Waals surface area contributed by atoms with Gasteiger partial charge in [0, 0.05) is 12.1 Å². The van der Waals surface area contributed by atoms with E-state index in [1.165, 1.54) is 28.1 Å². The van der Waals surface area contributed by atoms with Gasteiger partial charge in [-0.25, -0.2) is 4.39 Å². The van der Waals surface area contributed by atoms with E-state index in [2.05, 4.69) is 5.32 Å². The van der Waals surface area contributed by atoms with Gasteiger partial charge in [-0.2, -0.15) is 0 Å². The van der Waals surface area contributed by atoms with Gasteiger partial charge >= 0.3 is 0 Å². The summed E-state index contributed by atoms with van der Waals surface area (Å²) in [7, 11) is 4.70. The second-order valence-electron chi connectivity index (χ2n) is 4.85. The van der Waals surface area contributed by atoms with E-state index in [1.807, 2.05) is 0 Å². The molecule has 0 aliphatic rings. The summed E-state index contributed by atoms with van der Waals surface area (Å²) in [5.74, 6) is 0.770. The maximum atomic E-state index is 14.3. The zero-order valence-corrected chi connectivity index (χ0v) is 12.1. The molecule has 1 atom stereocenters. The minimum absolute atomic E-state index is 0.357. The predicted octanol–water partition coefficient (Wildman–Crippen LogP) is 2.16. The Kier molecular flexibility index (Phi) is 5.14. The van der Waals surface area contributed by atoms with Gasteiger partial charge in [-0.1, -0.05) is 0 Å².